The van der Waals surface area contributed by atoms with E-state index in [1.165, 1.54) is 23.5 Å². The zero-order chi connectivity index (χ0) is 13.2. The Morgan fingerprint density at radius 2 is 1.94 bits per heavy atom. The van der Waals surface area contributed by atoms with Crippen LogP contribution in [0.25, 0.3) is 0 Å². The van der Waals surface area contributed by atoms with E-state index in [1.54, 1.807) is 19.1 Å². The van der Waals surface area contributed by atoms with Crippen LogP contribution in [0.4, 0.5) is 0 Å². The van der Waals surface area contributed by atoms with Crippen LogP contribution in [-0.2, 0) is 10.0 Å². The highest BCUT2D eigenvalue weighted by Gasteiger charge is 2.21. The summed E-state index contributed by atoms with van der Waals surface area (Å²) in [6, 6.07) is 9.28. The molecule has 0 aliphatic rings. The third-order valence-corrected chi connectivity index (χ3v) is 5.10. The zero-order valence-corrected chi connectivity index (χ0v) is 11.3. The highest BCUT2D eigenvalue weighted by molar-refractivity contribution is 7.89. The van der Waals surface area contributed by atoms with E-state index in [-0.39, 0.29) is 16.7 Å². The van der Waals surface area contributed by atoms with Crippen LogP contribution in [0, 0.1) is 0 Å². The zero-order valence-electron chi connectivity index (χ0n) is 9.70. The van der Waals surface area contributed by atoms with Crippen molar-refractivity contribution in [2.24, 2.45) is 0 Å². The normalized spacial score (nSPS) is 13.4. The number of para-hydroxylation sites is 1. The average Bonchev–Trinajstić information content (AvgIpc) is 2.82. The van der Waals surface area contributed by atoms with Crippen molar-refractivity contribution in [3.05, 3.63) is 46.7 Å². The van der Waals surface area contributed by atoms with Gasteiger partial charge in [-0.25, -0.2) is 13.1 Å². The third kappa shape index (κ3) is 2.72. The molecule has 0 radical (unpaired) electrons. The Morgan fingerprint density at radius 3 is 2.56 bits per heavy atom. The van der Waals surface area contributed by atoms with Crippen LogP contribution in [0.3, 0.4) is 0 Å². The van der Waals surface area contributed by atoms with Crippen LogP contribution in [0.2, 0.25) is 0 Å². The summed E-state index contributed by atoms with van der Waals surface area (Å²) in [6.45, 7) is 1.77. The van der Waals surface area contributed by atoms with Gasteiger partial charge in [0.1, 0.15) is 10.6 Å². The molecule has 0 spiro atoms. The van der Waals surface area contributed by atoms with E-state index in [0.29, 0.717) is 0 Å². The molecular weight excluding hydrogens is 270 g/mol. The van der Waals surface area contributed by atoms with Crippen molar-refractivity contribution in [2.75, 3.05) is 0 Å². The Balaban J connectivity index is 2.26. The highest BCUT2D eigenvalue weighted by Crippen LogP contribution is 2.25. The smallest absolute Gasteiger partial charge is 0.244 e. The summed E-state index contributed by atoms with van der Waals surface area (Å²) in [4.78, 5) is 0.822. The van der Waals surface area contributed by atoms with Crippen molar-refractivity contribution in [2.45, 2.75) is 17.9 Å². The topological polar surface area (TPSA) is 66.4 Å². The number of thiophene rings is 1. The van der Waals surface area contributed by atoms with Gasteiger partial charge in [0.2, 0.25) is 10.0 Å². The molecule has 2 rings (SSSR count). The standard InChI is InChI=1S/C12H13NO3S2/c1-9(11-6-4-8-17-11)13-18(15,16)12-7-3-2-5-10(12)14/h2-9,13-14H,1H3. The van der Waals surface area contributed by atoms with Gasteiger partial charge in [0, 0.05) is 4.88 Å². The van der Waals surface area contributed by atoms with E-state index in [4.69, 9.17) is 0 Å². The maximum absolute atomic E-state index is 12.1. The molecule has 2 N–H and O–H groups in total. The molecule has 1 aromatic carbocycles. The van der Waals surface area contributed by atoms with E-state index in [9.17, 15) is 13.5 Å². The number of benzene rings is 1. The Labute approximate surface area is 110 Å². The van der Waals surface area contributed by atoms with Crippen LogP contribution in [0.5, 0.6) is 5.75 Å². The summed E-state index contributed by atoms with van der Waals surface area (Å²) in [5.41, 5.74) is 0. The second-order valence-electron chi connectivity index (χ2n) is 3.83. The van der Waals surface area contributed by atoms with Crippen LogP contribution < -0.4 is 4.72 Å². The molecule has 0 fully saturated rings. The van der Waals surface area contributed by atoms with Crippen molar-refractivity contribution < 1.29 is 13.5 Å². The highest BCUT2D eigenvalue weighted by atomic mass is 32.2. The summed E-state index contributed by atoms with van der Waals surface area (Å²) < 4.78 is 26.7. The monoisotopic (exact) mass is 283 g/mol. The maximum atomic E-state index is 12.1. The molecule has 1 atom stereocenters. The molecule has 1 heterocycles. The fourth-order valence-electron chi connectivity index (χ4n) is 1.58. The fourth-order valence-corrected chi connectivity index (χ4v) is 3.71. The lowest BCUT2D eigenvalue weighted by Crippen LogP contribution is -2.26. The minimum atomic E-state index is -3.71. The third-order valence-electron chi connectivity index (χ3n) is 2.46. The van der Waals surface area contributed by atoms with E-state index in [0.717, 1.165) is 4.88 Å². The second kappa shape index (κ2) is 5.09. The summed E-state index contributed by atoms with van der Waals surface area (Å²) in [6.07, 6.45) is 0. The van der Waals surface area contributed by atoms with Gasteiger partial charge in [0.25, 0.3) is 0 Å². The number of hydrogen-bond donors (Lipinski definition) is 2. The lowest BCUT2D eigenvalue weighted by molar-refractivity contribution is 0.457. The van der Waals surface area contributed by atoms with E-state index < -0.39 is 10.0 Å². The number of rotatable bonds is 4. The molecule has 4 nitrogen and oxygen atoms in total. The molecule has 6 heteroatoms. The van der Waals surface area contributed by atoms with Gasteiger partial charge < -0.3 is 5.11 Å². The number of phenolic OH excluding ortho intramolecular Hbond substituents is 1. The SMILES string of the molecule is CC(NS(=O)(=O)c1ccccc1O)c1cccs1. The predicted octanol–water partition coefficient (Wildman–Crippen LogP) is 2.49. The molecule has 18 heavy (non-hydrogen) atoms. The summed E-state index contributed by atoms with van der Waals surface area (Å²) >= 11 is 1.48. The Hall–Kier alpha value is -1.37. The van der Waals surface area contributed by atoms with Gasteiger partial charge in [0.15, 0.2) is 0 Å². The molecule has 1 unspecified atom stereocenters. The first-order valence-electron chi connectivity index (χ1n) is 5.34. The maximum Gasteiger partial charge on any atom is 0.244 e. The number of hydrogen-bond acceptors (Lipinski definition) is 4. The van der Waals surface area contributed by atoms with E-state index in [2.05, 4.69) is 4.72 Å². The fraction of sp³-hybridized carbons (Fsp3) is 0.167. The number of aromatic hydroxyl groups is 1. The predicted molar refractivity (Wildman–Crippen MR) is 71.2 cm³/mol. The second-order valence-corrected chi connectivity index (χ2v) is 6.49. The molecule has 0 aliphatic heterocycles. The molecule has 0 aliphatic carbocycles. The van der Waals surface area contributed by atoms with Gasteiger partial charge in [-0.1, -0.05) is 18.2 Å². The lowest BCUT2D eigenvalue weighted by Gasteiger charge is -2.13. The average molecular weight is 283 g/mol. The molecule has 1 aromatic heterocycles. The molecule has 0 saturated carbocycles. The Morgan fingerprint density at radius 1 is 1.22 bits per heavy atom. The van der Waals surface area contributed by atoms with Gasteiger partial charge in [-0.15, -0.1) is 11.3 Å². The Kier molecular flexibility index (Phi) is 3.70. The first-order chi connectivity index (χ1) is 8.50. The molecule has 0 saturated heterocycles. The Bertz CT molecular complexity index is 621. The van der Waals surface area contributed by atoms with Crippen molar-refractivity contribution in [1.29, 1.82) is 0 Å². The molecule has 96 valence electrons. The molecule has 0 bridgehead atoms. The lowest BCUT2D eigenvalue weighted by atomic mass is 10.3. The minimum absolute atomic E-state index is 0.103. The first-order valence-corrected chi connectivity index (χ1v) is 7.71. The molecular formula is C12H13NO3S2. The van der Waals surface area contributed by atoms with E-state index >= 15 is 0 Å². The van der Waals surface area contributed by atoms with Gasteiger partial charge in [-0.05, 0) is 30.5 Å². The van der Waals surface area contributed by atoms with Crippen LogP contribution >= 0.6 is 11.3 Å². The van der Waals surface area contributed by atoms with E-state index in [1.807, 2.05) is 17.5 Å². The van der Waals surface area contributed by atoms with Crippen LogP contribution in [0.1, 0.15) is 17.8 Å². The van der Waals surface area contributed by atoms with Crippen molar-refractivity contribution in [3.8, 4) is 5.75 Å². The van der Waals surface area contributed by atoms with Crippen LogP contribution in [-0.4, -0.2) is 13.5 Å². The van der Waals surface area contributed by atoms with Crippen molar-refractivity contribution in [1.82, 2.24) is 4.72 Å². The van der Waals surface area contributed by atoms with Crippen molar-refractivity contribution in [3.63, 3.8) is 0 Å². The van der Waals surface area contributed by atoms with Crippen molar-refractivity contribution >= 4 is 21.4 Å². The number of sulfonamides is 1. The minimum Gasteiger partial charge on any atom is -0.507 e. The van der Waals surface area contributed by atoms with Gasteiger partial charge in [-0.2, -0.15) is 0 Å². The summed E-state index contributed by atoms with van der Waals surface area (Å²) in [5, 5.41) is 11.5. The van der Waals surface area contributed by atoms with Gasteiger partial charge >= 0.3 is 0 Å². The van der Waals surface area contributed by atoms with Gasteiger partial charge in [0.05, 0.1) is 6.04 Å². The van der Waals surface area contributed by atoms with Crippen LogP contribution in [0.15, 0.2) is 46.7 Å². The summed E-state index contributed by atoms with van der Waals surface area (Å²) in [5.74, 6) is -0.247. The number of phenols is 1. The van der Waals surface area contributed by atoms with Gasteiger partial charge in [-0.3, -0.25) is 0 Å². The molecule has 0 amide bonds. The number of nitrogens with one attached hydrogen (secondary N) is 1. The summed E-state index contributed by atoms with van der Waals surface area (Å²) in [7, 11) is -3.71. The molecule has 2 aromatic rings. The quantitative estimate of drug-likeness (QED) is 0.906. The first kappa shape index (κ1) is 13.1. The largest absolute Gasteiger partial charge is 0.507 e.